The molecule has 3 nitrogen and oxygen atoms in total. The van der Waals surface area contributed by atoms with Gasteiger partial charge in [-0.15, -0.1) is 0 Å². The molecule has 15 heavy (non-hydrogen) atoms. The Morgan fingerprint density at radius 1 is 1.13 bits per heavy atom. The van der Waals surface area contributed by atoms with Crippen LogP contribution < -0.4 is 5.56 Å². The number of hydrogen-bond acceptors (Lipinski definition) is 3. The van der Waals surface area contributed by atoms with Crippen LogP contribution in [0, 0.1) is 0 Å². The SMILES string of the molecule is O=c1ccc(-c2ccccc2)nn1CS. The lowest BCUT2D eigenvalue weighted by molar-refractivity contribution is 0.700. The monoisotopic (exact) mass is 218 g/mol. The average molecular weight is 218 g/mol. The summed E-state index contributed by atoms with van der Waals surface area (Å²) >= 11 is 4.04. The van der Waals surface area contributed by atoms with Crippen LogP contribution in [-0.4, -0.2) is 9.78 Å². The lowest BCUT2D eigenvalue weighted by Gasteiger charge is -2.03. The van der Waals surface area contributed by atoms with Crippen LogP contribution >= 0.6 is 12.6 Å². The van der Waals surface area contributed by atoms with Gasteiger partial charge in [0.1, 0.15) is 0 Å². The van der Waals surface area contributed by atoms with Gasteiger partial charge < -0.3 is 0 Å². The molecule has 2 rings (SSSR count). The van der Waals surface area contributed by atoms with E-state index in [1.165, 1.54) is 10.7 Å². The first-order valence-electron chi connectivity index (χ1n) is 4.56. The highest BCUT2D eigenvalue weighted by atomic mass is 32.1. The van der Waals surface area contributed by atoms with Gasteiger partial charge in [-0.05, 0) is 6.07 Å². The molecule has 1 heterocycles. The minimum Gasteiger partial charge on any atom is -0.268 e. The van der Waals surface area contributed by atoms with Crippen LogP contribution in [0.15, 0.2) is 47.3 Å². The van der Waals surface area contributed by atoms with Crippen molar-refractivity contribution in [1.29, 1.82) is 0 Å². The Labute approximate surface area is 92.8 Å². The largest absolute Gasteiger partial charge is 0.268 e. The first-order chi connectivity index (χ1) is 7.31. The summed E-state index contributed by atoms with van der Waals surface area (Å²) in [5.74, 6) is 0.291. The Balaban J connectivity index is 2.51. The zero-order valence-electron chi connectivity index (χ0n) is 8.00. The van der Waals surface area contributed by atoms with E-state index in [0.29, 0.717) is 5.88 Å². The van der Waals surface area contributed by atoms with Crippen molar-refractivity contribution in [1.82, 2.24) is 9.78 Å². The summed E-state index contributed by atoms with van der Waals surface area (Å²) in [5.41, 5.74) is 1.64. The number of nitrogens with zero attached hydrogens (tertiary/aromatic N) is 2. The third kappa shape index (κ3) is 2.10. The van der Waals surface area contributed by atoms with E-state index in [0.717, 1.165) is 11.3 Å². The second-order valence-corrected chi connectivity index (χ2v) is 3.35. The van der Waals surface area contributed by atoms with Crippen LogP contribution in [0.2, 0.25) is 0 Å². The Morgan fingerprint density at radius 3 is 2.53 bits per heavy atom. The molecular weight excluding hydrogens is 208 g/mol. The zero-order chi connectivity index (χ0) is 10.7. The molecule has 0 fully saturated rings. The normalized spacial score (nSPS) is 10.2. The highest BCUT2D eigenvalue weighted by Gasteiger charge is 2.00. The summed E-state index contributed by atoms with van der Waals surface area (Å²) in [6, 6.07) is 13.0. The molecule has 1 aromatic heterocycles. The van der Waals surface area contributed by atoms with Crippen molar-refractivity contribution in [3.63, 3.8) is 0 Å². The first-order valence-corrected chi connectivity index (χ1v) is 5.19. The predicted octanol–water partition coefficient (Wildman–Crippen LogP) is 1.80. The van der Waals surface area contributed by atoms with E-state index in [9.17, 15) is 4.79 Å². The molecule has 0 N–H and O–H groups in total. The topological polar surface area (TPSA) is 34.9 Å². The third-order valence-corrected chi connectivity index (χ3v) is 2.34. The maximum Gasteiger partial charge on any atom is 0.267 e. The molecule has 0 aliphatic carbocycles. The fraction of sp³-hybridized carbons (Fsp3) is 0.0909. The van der Waals surface area contributed by atoms with E-state index in [-0.39, 0.29) is 5.56 Å². The molecular formula is C11H10N2OS. The number of thiol groups is 1. The Morgan fingerprint density at radius 2 is 1.87 bits per heavy atom. The second kappa shape index (κ2) is 4.31. The van der Waals surface area contributed by atoms with Crippen LogP contribution in [0.5, 0.6) is 0 Å². The second-order valence-electron chi connectivity index (χ2n) is 3.06. The molecule has 4 heteroatoms. The van der Waals surface area contributed by atoms with E-state index >= 15 is 0 Å². The Hall–Kier alpha value is -1.55. The summed E-state index contributed by atoms with van der Waals surface area (Å²) in [7, 11) is 0. The fourth-order valence-electron chi connectivity index (χ4n) is 1.31. The molecule has 0 radical (unpaired) electrons. The van der Waals surface area contributed by atoms with Gasteiger partial charge in [-0.3, -0.25) is 4.79 Å². The van der Waals surface area contributed by atoms with Crippen molar-refractivity contribution < 1.29 is 0 Å². The zero-order valence-corrected chi connectivity index (χ0v) is 8.89. The van der Waals surface area contributed by atoms with Crippen LogP contribution in [0.4, 0.5) is 0 Å². The Bertz CT molecular complexity index is 507. The maximum atomic E-state index is 11.3. The van der Waals surface area contributed by atoms with Crippen LogP contribution in [0.1, 0.15) is 0 Å². The van der Waals surface area contributed by atoms with E-state index in [4.69, 9.17) is 0 Å². The smallest absolute Gasteiger partial charge is 0.267 e. The van der Waals surface area contributed by atoms with Crippen LogP contribution in [0.3, 0.4) is 0 Å². The lowest BCUT2D eigenvalue weighted by Crippen LogP contribution is -2.20. The van der Waals surface area contributed by atoms with Gasteiger partial charge in [-0.25, -0.2) is 4.68 Å². The summed E-state index contributed by atoms with van der Waals surface area (Å²) in [6.45, 7) is 0. The number of rotatable bonds is 2. The van der Waals surface area contributed by atoms with Gasteiger partial charge in [-0.1, -0.05) is 30.3 Å². The predicted molar refractivity (Wildman–Crippen MR) is 62.9 cm³/mol. The minimum atomic E-state index is -0.135. The number of benzene rings is 1. The maximum absolute atomic E-state index is 11.3. The third-order valence-electron chi connectivity index (χ3n) is 2.07. The van der Waals surface area contributed by atoms with Gasteiger partial charge in [0.25, 0.3) is 5.56 Å². The van der Waals surface area contributed by atoms with Crippen molar-refractivity contribution in [3.8, 4) is 11.3 Å². The van der Waals surface area contributed by atoms with E-state index in [1.807, 2.05) is 30.3 Å². The molecule has 0 atom stereocenters. The average Bonchev–Trinajstić information content (AvgIpc) is 2.31. The highest BCUT2D eigenvalue weighted by Crippen LogP contribution is 2.13. The molecule has 0 bridgehead atoms. The van der Waals surface area contributed by atoms with Crippen molar-refractivity contribution in [2.75, 3.05) is 0 Å². The van der Waals surface area contributed by atoms with E-state index in [1.54, 1.807) is 6.07 Å². The lowest BCUT2D eigenvalue weighted by atomic mass is 10.1. The highest BCUT2D eigenvalue weighted by molar-refractivity contribution is 7.79. The van der Waals surface area contributed by atoms with Gasteiger partial charge in [0.15, 0.2) is 0 Å². The van der Waals surface area contributed by atoms with Crippen molar-refractivity contribution in [3.05, 3.63) is 52.8 Å². The molecule has 0 aliphatic heterocycles. The van der Waals surface area contributed by atoms with Gasteiger partial charge in [0, 0.05) is 11.6 Å². The number of hydrogen-bond donors (Lipinski definition) is 1. The van der Waals surface area contributed by atoms with Crippen molar-refractivity contribution in [2.45, 2.75) is 5.88 Å². The van der Waals surface area contributed by atoms with Crippen LogP contribution in [-0.2, 0) is 5.88 Å². The van der Waals surface area contributed by atoms with Gasteiger partial charge in [0.2, 0.25) is 0 Å². The van der Waals surface area contributed by atoms with Gasteiger partial charge in [0.05, 0.1) is 11.6 Å². The molecule has 0 aliphatic rings. The minimum absolute atomic E-state index is 0.135. The van der Waals surface area contributed by atoms with E-state index in [2.05, 4.69) is 17.7 Å². The molecule has 0 amide bonds. The Kier molecular flexibility index (Phi) is 2.87. The first kappa shape index (κ1) is 9.98. The summed E-state index contributed by atoms with van der Waals surface area (Å²) in [6.07, 6.45) is 0. The molecule has 0 unspecified atom stereocenters. The summed E-state index contributed by atoms with van der Waals surface area (Å²) < 4.78 is 1.32. The summed E-state index contributed by atoms with van der Waals surface area (Å²) in [5, 5.41) is 4.19. The van der Waals surface area contributed by atoms with Crippen LogP contribution in [0.25, 0.3) is 11.3 Å². The van der Waals surface area contributed by atoms with Crippen molar-refractivity contribution in [2.24, 2.45) is 0 Å². The summed E-state index contributed by atoms with van der Waals surface area (Å²) in [4.78, 5) is 11.3. The fourth-order valence-corrected chi connectivity index (χ4v) is 1.52. The quantitative estimate of drug-likeness (QED) is 0.780. The van der Waals surface area contributed by atoms with E-state index < -0.39 is 0 Å². The number of aromatic nitrogens is 2. The molecule has 1 aromatic carbocycles. The molecule has 0 saturated carbocycles. The molecule has 2 aromatic rings. The molecule has 76 valence electrons. The molecule has 0 saturated heterocycles. The standard InChI is InChI=1S/C11H10N2OS/c14-11-7-6-10(12-13(11)8-15)9-4-2-1-3-5-9/h1-7,15H,8H2. The van der Waals surface area contributed by atoms with Crippen molar-refractivity contribution >= 4 is 12.6 Å². The van der Waals surface area contributed by atoms with Gasteiger partial charge in [-0.2, -0.15) is 17.7 Å². The molecule has 0 spiro atoms. The van der Waals surface area contributed by atoms with Gasteiger partial charge >= 0.3 is 0 Å².